The van der Waals surface area contributed by atoms with Crippen molar-refractivity contribution in [2.45, 2.75) is 25.9 Å². The lowest BCUT2D eigenvalue weighted by Gasteiger charge is -2.32. The Morgan fingerprint density at radius 2 is 1.88 bits per heavy atom. The van der Waals surface area contributed by atoms with E-state index in [9.17, 15) is 4.79 Å². The van der Waals surface area contributed by atoms with E-state index in [-0.39, 0.29) is 36.8 Å². The summed E-state index contributed by atoms with van der Waals surface area (Å²) < 4.78 is 0. The molecule has 3 rings (SSSR count). The van der Waals surface area contributed by atoms with Gasteiger partial charge in [0.1, 0.15) is 0 Å². The molecule has 0 bridgehead atoms. The molecule has 1 aromatic rings. The average Bonchev–Trinajstić information content (AvgIpc) is 2.97. The van der Waals surface area contributed by atoms with E-state index in [1.807, 2.05) is 17.0 Å². The van der Waals surface area contributed by atoms with Crippen LogP contribution in [0.1, 0.15) is 29.3 Å². The normalized spacial score (nSPS) is 24.0. The highest BCUT2D eigenvalue weighted by atomic mass is 35.5. The van der Waals surface area contributed by atoms with Crippen molar-refractivity contribution >= 4 is 30.7 Å². The van der Waals surface area contributed by atoms with Crippen molar-refractivity contribution in [1.82, 2.24) is 14.7 Å². The highest BCUT2D eigenvalue weighted by Gasteiger charge is 2.32. The average molecular weight is 403 g/mol. The number of hydrogen-bond donors (Lipinski definition) is 1. The van der Waals surface area contributed by atoms with Crippen molar-refractivity contribution in [2.24, 2.45) is 11.7 Å². The molecule has 2 saturated heterocycles. The number of benzene rings is 1. The van der Waals surface area contributed by atoms with Crippen molar-refractivity contribution < 1.29 is 4.79 Å². The largest absolute Gasteiger partial charge is 0.336 e. The van der Waals surface area contributed by atoms with E-state index < -0.39 is 0 Å². The second kappa shape index (κ2) is 10.5. The fourth-order valence-electron chi connectivity index (χ4n) is 3.83. The highest BCUT2D eigenvalue weighted by Crippen LogP contribution is 2.24. The van der Waals surface area contributed by atoms with Crippen LogP contribution in [0.25, 0.3) is 0 Å². The second-order valence-electron chi connectivity index (χ2n) is 7.42. The minimum absolute atomic E-state index is 0. The molecule has 5 nitrogen and oxygen atoms in total. The number of halogens is 2. The molecule has 0 aliphatic carbocycles. The van der Waals surface area contributed by atoms with Crippen molar-refractivity contribution in [3.05, 3.63) is 35.4 Å². The lowest BCUT2D eigenvalue weighted by molar-refractivity contribution is 0.0743. The zero-order valence-electron chi connectivity index (χ0n) is 15.8. The molecule has 1 aromatic carbocycles. The summed E-state index contributed by atoms with van der Waals surface area (Å²) in [5.41, 5.74) is 7.83. The molecule has 0 saturated carbocycles. The molecule has 0 aromatic heterocycles. The fourth-order valence-corrected chi connectivity index (χ4v) is 3.83. The number of rotatable bonds is 4. The molecule has 26 heavy (non-hydrogen) atoms. The summed E-state index contributed by atoms with van der Waals surface area (Å²) in [6.45, 7) is 8.93. The lowest BCUT2D eigenvalue weighted by atomic mass is 10.1. The standard InChI is InChI=1S/C19H30N4O.2ClH/c1-15-10-17(12-20)14-23(15)19(24)18-5-3-4-16(11-18)13-22-8-6-21(2)7-9-22;;/h3-5,11,15,17H,6-10,12-14,20H2,1-2H3;2*1H. The maximum Gasteiger partial charge on any atom is 0.254 e. The van der Waals surface area contributed by atoms with Crippen LogP contribution in [0.2, 0.25) is 0 Å². The Kier molecular flexibility index (Phi) is 9.34. The van der Waals surface area contributed by atoms with Crippen LogP contribution in [0.5, 0.6) is 0 Å². The van der Waals surface area contributed by atoms with Crippen molar-refractivity contribution in [3.63, 3.8) is 0 Å². The number of nitrogens with two attached hydrogens (primary N) is 1. The first-order chi connectivity index (χ1) is 11.6. The molecular formula is C19H32Cl2N4O. The van der Waals surface area contributed by atoms with E-state index in [4.69, 9.17) is 5.73 Å². The molecule has 2 aliphatic heterocycles. The van der Waals surface area contributed by atoms with Crippen LogP contribution in [0, 0.1) is 5.92 Å². The summed E-state index contributed by atoms with van der Waals surface area (Å²) in [4.78, 5) is 19.7. The molecule has 2 aliphatic rings. The highest BCUT2D eigenvalue weighted by molar-refractivity contribution is 5.94. The second-order valence-corrected chi connectivity index (χ2v) is 7.42. The summed E-state index contributed by atoms with van der Waals surface area (Å²) in [6, 6.07) is 8.44. The van der Waals surface area contributed by atoms with Gasteiger partial charge in [-0.3, -0.25) is 9.69 Å². The summed E-state index contributed by atoms with van der Waals surface area (Å²) in [6.07, 6.45) is 1.02. The first-order valence-electron chi connectivity index (χ1n) is 9.07. The van der Waals surface area contributed by atoms with Gasteiger partial charge in [0.15, 0.2) is 0 Å². The number of likely N-dealkylation sites (tertiary alicyclic amines) is 1. The third-order valence-corrected chi connectivity index (χ3v) is 5.43. The van der Waals surface area contributed by atoms with Crippen LogP contribution in [-0.4, -0.2) is 73.0 Å². The fraction of sp³-hybridized carbons (Fsp3) is 0.632. The van der Waals surface area contributed by atoms with E-state index in [0.29, 0.717) is 12.5 Å². The Bertz CT molecular complexity index is 578. The van der Waals surface area contributed by atoms with E-state index in [2.05, 4.69) is 35.9 Å². The molecule has 0 spiro atoms. The van der Waals surface area contributed by atoms with Gasteiger partial charge in [-0.2, -0.15) is 0 Å². The zero-order valence-corrected chi connectivity index (χ0v) is 17.4. The van der Waals surface area contributed by atoms with Crippen molar-refractivity contribution in [3.8, 4) is 0 Å². The van der Waals surface area contributed by atoms with Crippen molar-refractivity contribution in [2.75, 3.05) is 46.3 Å². The molecule has 148 valence electrons. The Morgan fingerprint density at radius 1 is 1.19 bits per heavy atom. The van der Waals surface area contributed by atoms with Crippen LogP contribution >= 0.6 is 24.8 Å². The smallest absolute Gasteiger partial charge is 0.254 e. The minimum Gasteiger partial charge on any atom is -0.336 e. The molecule has 0 radical (unpaired) electrons. The SMILES string of the molecule is CC1CC(CN)CN1C(=O)c1cccc(CN2CCN(C)CC2)c1.Cl.Cl. The number of hydrogen-bond acceptors (Lipinski definition) is 4. The van der Waals surface area contributed by atoms with Crippen LogP contribution in [0.3, 0.4) is 0 Å². The van der Waals surface area contributed by atoms with Crippen LogP contribution < -0.4 is 5.73 Å². The summed E-state index contributed by atoms with van der Waals surface area (Å²) in [5, 5.41) is 0. The third kappa shape index (κ3) is 5.57. The molecule has 7 heteroatoms. The number of carbonyl (C=O) groups is 1. The Morgan fingerprint density at radius 3 is 2.50 bits per heavy atom. The van der Waals surface area contributed by atoms with E-state index >= 15 is 0 Å². The van der Waals surface area contributed by atoms with E-state index in [1.165, 1.54) is 5.56 Å². The Hall–Kier alpha value is -0.850. The predicted octanol–water partition coefficient (Wildman–Crippen LogP) is 2.09. The van der Waals surface area contributed by atoms with Gasteiger partial charge >= 0.3 is 0 Å². The monoisotopic (exact) mass is 402 g/mol. The van der Waals surface area contributed by atoms with Gasteiger partial charge in [0.05, 0.1) is 0 Å². The quantitative estimate of drug-likeness (QED) is 0.837. The van der Waals surface area contributed by atoms with Gasteiger partial charge < -0.3 is 15.5 Å². The molecule has 2 N–H and O–H groups in total. The molecule has 2 fully saturated rings. The van der Waals surface area contributed by atoms with Crippen molar-refractivity contribution in [1.29, 1.82) is 0 Å². The number of carbonyl (C=O) groups excluding carboxylic acids is 1. The third-order valence-electron chi connectivity index (χ3n) is 5.43. The zero-order chi connectivity index (χ0) is 17.1. The molecule has 2 atom stereocenters. The van der Waals surface area contributed by atoms with E-state index in [1.54, 1.807) is 0 Å². The maximum atomic E-state index is 12.9. The molecular weight excluding hydrogens is 371 g/mol. The van der Waals surface area contributed by atoms with Gasteiger partial charge in [0.25, 0.3) is 5.91 Å². The number of nitrogens with zero attached hydrogens (tertiary/aromatic N) is 3. The first-order valence-corrected chi connectivity index (χ1v) is 9.07. The van der Waals surface area contributed by atoms with Gasteiger partial charge in [-0.15, -0.1) is 24.8 Å². The summed E-state index contributed by atoms with van der Waals surface area (Å²) in [5.74, 6) is 0.594. The lowest BCUT2D eigenvalue weighted by Crippen LogP contribution is -2.43. The van der Waals surface area contributed by atoms with Gasteiger partial charge in [-0.25, -0.2) is 0 Å². The topological polar surface area (TPSA) is 52.8 Å². The number of amides is 1. The van der Waals surface area contributed by atoms with Gasteiger partial charge in [-0.1, -0.05) is 12.1 Å². The van der Waals surface area contributed by atoms with E-state index in [0.717, 1.165) is 51.3 Å². The van der Waals surface area contributed by atoms with Crippen LogP contribution in [0.4, 0.5) is 0 Å². The van der Waals surface area contributed by atoms with Crippen LogP contribution in [-0.2, 0) is 6.54 Å². The predicted molar refractivity (Wildman–Crippen MR) is 111 cm³/mol. The van der Waals surface area contributed by atoms with Crippen LogP contribution in [0.15, 0.2) is 24.3 Å². The summed E-state index contributed by atoms with van der Waals surface area (Å²) in [7, 11) is 2.17. The first kappa shape index (κ1) is 23.2. The van der Waals surface area contributed by atoms with Gasteiger partial charge in [-0.05, 0) is 50.6 Å². The Balaban J connectivity index is 0.00000169. The maximum absolute atomic E-state index is 12.9. The van der Waals surface area contributed by atoms with Gasteiger partial charge in [0.2, 0.25) is 0 Å². The number of piperazine rings is 1. The summed E-state index contributed by atoms with van der Waals surface area (Å²) >= 11 is 0. The van der Waals surface area contributed by atoms with Gasteiger partial charge in [0, 0.05) is 50.9 Å². The minimum atomic E-state index is 0. The molecule has 2 heterocycles. The molecule has 2 unspecified atom stereocenters. The number of likely N-dealkylation sites (N-methyl/N-ethyl adjacent to an activating group) is 1. The Labute approximate surface area is 169 Å². The molecule has 1 amide bonds.